The van der Waals surface area contributed by atoms with Crippen molar-refractivity contribution in [3.63, 3.8) is 0 Å². The fraction of sp³-hybridized carbons (Fsp3) is 0.355. The van der Waals surface area contributed by atoms with Crippen molar-refractivity contribution >= 4 is 31.2 Å². The lowest BCUT2D eigenvalue weighted by Gasteiger charge is -2.30. The van der Waals surface area contributed by atoms with E-state index in [1.165, 1.54) is 32.1 Å². The number of nitrogen functional groups attached to an aromatic ring is 2. The minimum absolute atomic E-state index is 0.00833. The number of hydrogen-bond acceptors (Lipinski definition) is 14. The summed E-state index contributed by atoms with van der Waals surface area (Å²) in [6.45, 7) is 6.24. The van der Waals surface area contributed by atoms with E-state index in [2.05, 4.69) is 27.7 Å². The minimum Gasteiger partial charge on any atom is -0.479 e. The maximum Gasteiger partial charge on any atom is 0.459 e. The van der Waals surface area contributed by atoms with Gasteiger partial charge >= 0.3 is 13.7 Å². The predicted molar refractivity (Wildman–Crippen MR) is 173 cm³/mol. The second-order valence-electron chi connectivity index (χ2n) is 10.8. The van der Waals surface area contributed by atoms with Gasteiger partial charge in [-0.3, -0.25) is 9.32 Å². The van der Waals surface area contributed by atoms with Gasteiger partial charge in [0.1, 0.15) is 41.7 Å². The Kier molecular flexibility index (Phi) is 11.4. The van der Waals surface area contributed by atoms with Gasteiger partial charge in [-0.25, -0.2) is 4.57 Å². The largest absolute Gasteiger partial charge is 0.479 e. The summed E-state index contributed by atoms with van der Waals surface area (Å²) in [7, 11) is -2.94. The third-order valence-electron chi connectivity index (χ3n) is 7.48. The minimum atomic E-state index is -4.31. The molecule has 1 unspecified atom stereocenters. The second kappa shape index (κ2) is 15.3. The number of aliphatic hydroxyl groups is 1. The van der Waals surface area contributed by atoms with Crippen LogP contribution >= 0.6 is 7.75 Å². The highest BCUT2D eigenvalue weighted by molar-refractivity contribution is 7.52. The van der Waals surface area contributed by atoms with E-state index in [0.717, 1.165) is 5.56 Å². The average Bonchev–Trinajstić information content (AvgIpc) is 3.31. The van der Waals surface area contributed by atoms with Crippen molar-refractivity contribution in [2.45, 2.75) is 44.8 Å². The lowest BCUT2D eigenvalue weighted by Crippen LogP contribution is -2.43. The standard InChI is InChI=1S/C31H38N7O8P/c1-5-38(27-25(33)28(42-4)36-30(34)35-27)16-24-31(3,19-32)26(39)23(45-24)18-44-47(41,46-22-14-10-7-11-15-22)37-20(2)29(40)43-17-21-12-8-6-9-13-21/h5-15,20,23-24,26,39H,1,16-18,33H2,2-4H3,(H,37,41)(H2,34,35,36)/t20-,23+,24-,26+,31-,47?/m0/s1. The smallest absolute Gasteiger partial charge is 0.459 e. The molecule has 6 atom stereocenters. The zero-order chi connectivity index (χ0) is 34.2. The summed E-state index contributed by atoms with van der Waals surface area (Å²) in [4.78, 5) is 22.4. The predicted octanol–water partition coefficient (Wildman–Crippen LogP) is 3.18. The highest BCUT2D eigenvalue weighted by atomic mass is 31.2. The summed E-state index contributed by atoms with van der Waals surface area (Å²) in [5, 5.41) is 24.0. The second-order valence-corrected chi connectivity index (χ2v) is 12.5. The Balaban J connectivity index is 1.50. The van der Waals surface area contributed by atoms with E-state index in [-0.39, 0.29) is 42.2 Å². The van der Waals surface area contributed by atoms with Crippen LogP contribution in [-0.4, -0.2) is 65.7 Å². The Bertz CT molecular complexity index is 1630. The molecule has 0 amide bonds. The normalized spacial score (nSPS) is 22.3. The van der Waals surface area contributed by atoms with Gasteiger partial charge in [0.05, 0.1) is 32.4 Å². The quantitative estimate of drug-likeness (QED) is 0.135. The number of carbonyl (C=O) groups excluding carboxylic acids is 1. The van der Waals surface area contributed by atoms with Crippen LogP contribution in [-0.2, 0) is 30.0 Å². The summed E-state index contributed by atoms with van der Waals surface area (Å²) in [6, 6.07) is 18.3. The summed E-state index contributed by atoms with van der Waals surface area (Å²) in [6.07, 6.45) is -2.10. The van der Waals surface area contributed by atoms with Crippen LogP contribution in [0, 0.1) is 16.7 Å². The van der Waals surface area contributed by atoms with E-state index in [1.807, 2.05) is 18.2 Å². The number of aliphatic hydroxyl groups excluding tert-OH is 1. The van der Waals surface area contributed by atoms with Crippen LogP contribution in [0.5, 0.6) is 11.6 Å². The van der Waals surface area contributed by atoms with Gasteiger partial charge in [0.15, 0.2) is 5.82 Å². The number of nitriles is 1. The number of esters is 1. The molecule has 1 aliphatic rings. The first-order valence-electron chi connectivity index (χ1n) is 14.5. The molecule has 6 N–H and O–H groups in total. The third kappa shape index (κ3) is 8.37. The van der Waals surface area contributed by atoms with Gasteiger partial charge in [-0.1, -0.05) is 55.1 Å². The molecule has 0 bridgehead atoms. The number of ether oxygens (including phenoxy) is 3. The molecule has 2 aromatic carbocycles. The van der Waals surface area contributed by atoms with E-state index >= 15 is 0 Å². The summed E-state index contributed by atoms with van der Waals surface area (Å²) < 4.78 is 42.2. The lowest BCUT2D eigenvalue weighted by atomic mass is 9.80. The number of rotatable bonds is 15. The Labute approximate surface area is 272 Å². The number of benzene rings is 2. The Morgan fingerprint density at radius 1 is 1.23 bits per heavy atom. The maximum atomic E-state index is 14.0. The van der Waals surface area contributed by atoms with Crippen molar-refractivity contribution in [2.75, 3.05) is 36.6 Å². The van der Waals surface area contributed by atoms with Crippen molar-refractivity contribution < 1.29 is 37.7 Å². The zero-order valence-electron chi connectivity index (χ0n) is 26.2. The van der Waals surface area contributed by atoms with E-state index in [9.17, 15) is 19.7 Å². The number of nitrogens with zero attached hydrogens (tertiary/aromatic N) is 4. The number of anilines is 3. The molecule has 47 heavy (non-hydrogen) atoms. The lowest BCUT2D eigenvalue weighted by molar-refractivity contribution is -0.146. The Morgan fingerprint density at radius 2 is 1.89 bits per heavy atom. The number of hydrogen-bond donors (Lipinski definition) is 4. The van der Waals surface area contributed by atoms with Gasteiger partial charge in [0.25, 0.3) is 0 Å². The molecular formula is C31H38N7O8P. The van der Waals surface area contributed by atoms with E-state index in [4.69, 9.17) is 34.7 Å². The number of methoxy groups -OCH3 is 1. The fourth-order valence-electron chi connectivity index (χ4n) is 4.78. The van der Waals surface area contributed by atoms with Crippen LogP contribution in [0.3, 0.4) is 0 Å². The number of nitrogens with two attached hydrogens (primary N) is 2. The summed E-state index contributed by atoms with van der Waals surface area (Å²) >= 11 is 0. The fourth-order valence-corrected chi connectivity index (χ4v) is 6.29. The SMILES string of the molecule is C=CN(C[C@@H]1O[C@H](COP(=O)(N[C@@H](C)C(=O)OCc2ccccc2)Oc2ccccc2)[C@@H](O)[C@@]1(C)C#N)c1nc(N)nc(OC)c1N. The molecule has 15 nitrogen and oxygen atoms in total. The van der Waals surface area contributed by atoms with E-state index in [0.29, 0.717) is 0 Å². The molecule has 1 fully saturated rings. The molecule has 1 aliphatic heterocycles. The van der Waals surface area contributed by atoms with Crippen molar-refractivity contribution in [3.8, 4) is 17.7 Å². The van der Waals surface area contributed by atoms with Crippen molar-refractivity contribution in [2.24, 2.45) is 5.41 Å². The molecule has 250 valence electrons. The molecule has 3 aromatic rings. The zero-order valence-corrected chi connectivity index (χ0v) is 27.1. The first-order chi connectivity index (χ1) is 22.4. The van der Waals surface area contributed by atoms with Crippen molar-refractivity contribution in [1.29, 1.82) is 5.26 Å². The van der Waals surface area contributed by atoms with Crippen LogP contribution < -0.4 is 30.7 Å². The highest BCUT2D eigenvalue weighted by Gasteiger charge is 2.54. The first kappa shape index (κ1) is 35.1. The van der Waals surface area contributed by atoms with Gasteiger partial charge in [0.2, 0.25) is 11.8 Å². The topological polar surface area (TPSA) is 217 Å². The Morgan fingerprint density at radius 3 is 2.51 bits per heavy atom. The number of para-hydroxylation sites is 1. The van der Waals surface area contributed by atoms with Gasteiger partial charge < -0.3 is 40.2 Å². The van der Waals surface area contributed by atoms with Gasteiger partial charge in [-0.05, 0) is 37.7 Å². The molecule has 0 saturated carbocycles. The van der Waals surface area contributed by atoms with Crippen LogP contribution in [0.15, 0.2) is 73.4 Å². The van der Waals surface area contributed by atoms with Crippen molar-refractivity contribution in [3.05, 3.63) is 79.0 Å². The Hall–Kier alpha value is -4.71. The van der Waals surface area contributed by atoms with E-state index in [1.54, 1.807) is 42.5 Å². The van der Waals surface area contributed by atoms with Crippen LogP contribution in [0.2, 0.25) is 0 Å². The van der Waals surface area contributed by atoms with Crippen molar-refractivity contribution in [1.82, 2.24) is 15.1 Å². The van der Waals surface area contributed by atoms with Gasteiger partial charge in [-0.15, -0.1) is 0 Å². The van der Waals surface area contributed by atoms with Gasteiger partial charge in [-0.2, -0.15) is 20.3 Å². The van der Waals surface area contributed by atoms with Crippen LogP contribution in [0.25, 0.3) is 0 Å². The number of nitrogens with one attached hydrogen (secondary N) is 1. The van der Waals surface area contributed by atoms with E-state index < -0.39 is 50.1 Å². The molecule has 0 radical (unpaired) electrons. The average molecular weight is 668 g/mol. The highest BCUT2D eigenvalue weighted by Crippen LogP contribution is 2.47. The first-order valence-corrected chi connectivity index (χ1v) is 16.1. The monoisotopic (exact) mass is 667 g/mol. The molecule has 0 aliphatic carbocycles. The summed E-state index contributed by atoms with van der Waals surface area (Å²) in [5.41, 5.74) is 11.4. The molecule has 4 rings (SSSR count). The molecule has 1 aromatic heterocycles. The molecule has 2 heterocycles. The van der Waals surface area contributed by atoms with Crippen LogP contribution in [0.1, 0.15) is 19.4 Å². The molecule has 1 saturated heterocycles. The maximum absolute atomic E-state index is 14.0. The molecule has 0 spiro atoms. The number of aromatic nitrogens is 2. The molecular weight excluding hydrogens is 629 g/mol. The number of carbonyl (C=O) groups is 1. The van der Waals surface area contributed by atoms with Gasteiger partial charge in [0, 0.05) is 0 Å². The van der Waals surface area contributed by atoms with Crippen LogP contribution in [0.4, 0.5) is 17.5 Å². The molecule has 16 heteroatoms. The summed E-state index contributed by atoms with van der Waals surface area (Å²) in [5.74, 6) is -0.421. The third-order valence-corrected chi connectivity index (χ3v) is 9.12.